The minimum Gasteiger partial charge on any atom is -0.465 e. The Kier molecular flexibility index (Phi) is 5.10. The van der Waals surface area contributed by atoms with Crippen LogP contribution >= 0.6 is 0 Å². The number of aliphatic hydroxyl groups is 2. The molecular weight excluding hydrogens is 268 g/mol. The summed E-state index contributed by atoms with van der Waals surface area (Å²) in [6, 6.07) is 0. The van der Waals surface area contributed by atoms with Gasteiger partial charge in [-0.25, -0.2) is 0 Å². The molecule has 0 aliphatic heterocycles. The third-order valence-electron chi connectivity index (χ3n) is 5.54. The number of hydrogen-bond donors (Lipinski definition) is 2. The van der Waals surface area contributed by atoms with Crippen LogP contribution in [0, 0.1) is 23.2 Å². The Labute approximate surface area is 127 Å². The first-order valence-corrected chi connectivity index (χ1v) is 7.97. The van der Waals surface area contributed by atoms with Gasteiger partial charge in [-0.1, -0.05) is 19.1 Å². The number of carbonyl (C=O) groups is 1. The van der Waals surface area contributed by atoms with Gasteiger partial charge in [0.05, 0.1) is 12.7 Å². The van der Waals surface area contributed by atoms with Crippen LogP contribution in [-0.4, -0.2) is 35.5 Å². The zero-order valence-electron chi connectivity index (χ0n) is 13.2. The fraction of sp³-hybridized carbons (Fsp3) is 0.824. The number of hydrogen-bond acceptors (Lipinski definition) is 4. The SMILES string of the molecule is C=C1CCCC(CO)[C@H](O)C[C@@H]2C1C[C@]2(C)COC(C)=O. The quantitative estimate of drug-likeness (QED) is 0.619. The lowest BCUT2D eigenvalue weighted by Gasteiger charge is -2.54. The Bertz CT molecular complexity index is 406. The van der Waals surface area contributed by atoms with Crippen LogP contribution in [0.5, 0.6) is 0 Å². The van der Waals surface area contributed by atoms with Crippen LogP contribution in [0.25, 0.3) is 0 Å². The lowest BCUT2D eigenvalue weighted by atomic mass is 9.51. The molecule has 4 heteroatoms. The Morgan fingerprint density at radius 1 is 1.52 bits per heavy atom. The van der Waals surface area contributed by atoms with Gasteiger partial charge in [0.15, 0.2) is 0 Å². The minimum absolute atomic E-state index is 0.0334. The summed E-state index contributed by atoms with van der Waals surface area (Å²) in [6.07, 6.45) is 3.94. The second-order valence-corrected chi connectivity index (χ2v) is 7.15. The van der Waals surface area contributed by atoms with E-state index in [2.05, 4.69) is 13.5 Å². The highest BCUT2D eigenvalue weighted by molar-refractivity contribution is 5.65. The van der Waals surface area contributed by atoms with Gasteiger partial charge < -0.3 is 14.9 Å². The predicted octanol–water partition coefficient (Wildman–Crippen LogP) is 2.29. The van der Waals surface area contributed by atoms with Crippen LogP contribution in [0.15, 0.2) is 12.2 Å². The Morgan fingerprint density at radius 3 is 2.86 bits per heavy atom. The number of carbonyl (C=O) groups excluding carboxylic acids is 1. The first-order chi connectivity index (χ1) is 9.87. The van der Waals surface area contributed by atoms with Crippen LogP contribution in [-0.2, 0) is 9.53 Å². The molecule has 2 N–H and O–H groups in total. The average Bonchev–Trinajstić information content (AvgIpc) is 2.47. The molecule has 0 spiro atoms. The van der Waals surface area contributed by atoms with Gasteiger partial charge in [-0.15, -0.1) is 0 Å². The Hall–Kier alpha value is -0.870. The summed E-state index contributed by atoms with van der Waals surface area (Å²) in [4.78, 5) is 11.1. The summed E-state index contributed by atoms with van der Waals surface area (Å²) in [7, 11) is 0. The average molecular weight is 296 g/mol. The number of ether oxygens (including phenoxy) is 1. The maximum atomic E-state index is 11.1. The second kappa shape index (κ2) is 6.49. The number of aliphatic hydroxyl groups excluding tert-OH is 2. The highest BCUT2D eigenvalue weighted by Crippen LogP contribution is 2.57. The molecule has 0 amide bonds. The third-order valence-corrected chi connectivity index (χ3v) is 5.54. The molecule has 4 nitrogen and oxygen atoms in total. The fourth-order valence-corrected chi connectivity index (χ4v) is 4.07. The molecule has 0 aromatic rings. The van der Waals surface area contributed by atoms with E-state index in [9.17, 15) is 15.0 Å². The van der Waals surface area contributed by atoms with E-state index in [4.69, 9.17) is 4.74 Å². The van der Waals surface area contributed by atoms with Gasteiger partial charge in [-0.3, -0.25) is 4.79 Å². The summed E-state index contributed by atoms with van der Waals surface area (Å²) in [6.45, 7) is 8.23. The fourth-order valence-electron chi connectivity index (χ4n) is 4.07. The van der Waals surface area contributed by atoms with Crippen LogP contribution in [0.2, 0.25) is 0 Å². The molecule has 2 fully saturated rings. The van der Waals surface area contributed by atoms with E-state index in [1.54, 1.807) is 0 Å². The highest BCUT2D eigenvalue weighted by Gasteiger charge is 2.52. The predicted molar refractivity (Wildman–Crippen MR) is 80.5 cm³/mol. The van der Waals surface area contributed by atoms with E-state index in [1.165, 1.54) is 12.5 Å². The number of fused-ring (bicyclic) bond motifs is 1. The molecule has 2 rings (SSSR count). The molecule has 2 saturated carbocycles. The van der Waals surface area contributed by atoms with Crippen molar-refractivity contribution in [1.29, 1.82) is 0 Å². The zero-order valence-corrected chi connectivity index (χ0v) is 13.2. The normalized spacial score (nSPS) is 40.3. The molecule has 0 aromatic carbocycles. The zero-order chi connectivity index (χ0) is 15.6. The largest absolute Gasteiger partial charge is 0.465 e. The molecular formula is C17H28O4. The summed E-state index contributed by atoms with van der Waals surface area (Å²) in [5.41, 5.74) is 1.18. The monoisotopic (exact) mass is 296 g/mol. The van der Waals surface area contributed by atoms with Crippen molar-refractivity contribution in [2.45, 2.75) is 52.1 Å². The van der Waals surface area contributed by atoms with Crippen LogP contribution < -0.4 is 0 Å². The summed E-state index contributed by atoms with van der Waals surface area (Å²) >= 11 is 0. The van der Waals surface area contributed by atoms with Crippen molar-refractivity contribution >= 4 is 5.97 Å². The topological polar surface area (TPSA) is 66.8 Å². The molecule has 0 saturated heterocycles. The maximum absolute atomic E-state index is 11.1. The Balaban J connectivity index is 2.11. The van der Waals surface area contributed by atoms with Crippen molar-refractivity contribution in [2.75, 3.05) is 13.2 Å². The van der Waals surface area contributed by atoms with Gasteiger partial charge in [0, 0.05) is 24.9 Å². The van der Waals surface area contributed by atoms with Gasteiger partial charge in [0.2, 0.25) is 0 Å². The van der Waals surface area contributed by atoms with Gasteiger partial charge in [-0.05, 0) is 43.9 Å². The molecule has 2 aliphatic carbocycles. The molecule has 0 radical (unpaired) electrons. The van der Waals surface area contributed by atoms with Crippen LogP contribution in [0.4, 0.5) is 0 Å². The van der Waals surface area contributed by atoms with Crippen molar-refractivity contribution in [3.63, 3.8) is 0 Å². The maximum Gasteiger partial charge on any atom is 0.302 e. The van der Waals surface area contributed by atoms with E-state index in [0.717, 1.165) is 25.7 Å². The third kappa shape index (κ3) is 3.49. The smallest absolute Gasteiger partial charge is 0.302 e. The summed E-state index contributed by atoms with van der Waals surface area (Å²) in [5, 5.41) is 19.9. The van der Waals surface area contributed by atoms with Gasteiger partial charge in [0.25, 0.3) is 0 Å². The van der Waals surface area contributed by atoms with Gasteiger partial charge in [0.1, 0.15) is 0 Å². The molecule has 2 unspecified atom stereocenters. The number of allylic oxidation sites excluding steroid dienone is 1. The van der Waals surface area contributed by atoms with E-state index >= 15 is 0 Å². The van der Waals surface area contributed by atoms with E-state index in [1.807, 2.05) is 0 Å². The highest BCUT2D eigenvalue weighted by atomic mass is 16.5. The first-order valence-electron chi connectivity index (χ1n) is 7.97. The van der Waals surface area contributed by atoms with Crippen LogP contribution in [0.3, 0.4) is 0 Å². The van der Waals surface area contributed by atoms with E-state index < -0.39 is 6.10 Å². The molecule has 21 heavy (non-hydrogen) atoms. The minimum atomic E-state index is -0.481. The molecule has 2 aliphatic rings. The Morgan fingerprint density at radius 2 is 2.24 bits per heavy atom. The molecule has 0 bridgehead atoms. The van der Waals surface area contributed by atoms with Crippen molar-refractivity contribution in [2.24, 2.45) is 23.2 Å². The van der Waals surface area contributed by atoms with Crippen molar-refractivity contribution < 1.29 is 19.7 Å². The molecule has 0 heterocycles. The number of rotatable bonds is 3. The van der Waals surface area contributed by atoms with Gasteiger partial charge in [-0.2, -0.15) is 0 Å². The van der Waals surface area contributed by atoms with E-state index in [0.29, 0.717) is 18.9 Å². The summed E-state index contributed by atoms with van der Waals surface area (Å²) in [5.74, 6) is 0.398. The molecule has 120 valence electrons. The van der Waals surface area contributed by atoms with Crippen molar-refractivity contribution in [3.05, 3.63) is 12.2 Å². The van der Waals surface area contributed by atoms with Crippen molar-refractivity contribution in [3.8, 4) is 0 Å². The first kappa shape index (κ1) is 16.5. The molecule has 0 aromatic heterocycles. The lowest BCUT2D eigenvalue weighted by molar-refractivity contribution is -0.154. The second-order valence-electron chi connectivity index (χ2n) is 7.15. The van der Waals surface area contributed by atoms with Crippen LogP contribution in [0.1, 0.15) is 46.0 Å². The van der Waals surface area contributed by atoms with E-state index in [-0.39, 0.29) is 29.8 Å². The molecule has 5 atom stereocenters. The van der Waals surface area contributed by atoms with Crippen molar-refractivity contribution in [1.82, 2.24) is 0 Å². The lowest BCUT2D eigenvalue weighted by Crippen LogP contribution is -2.51. The van der Waals surface area contributed by atoms with Gasteiger partial charge >= 0.3 is 5.97 Å². The number of esters is 1. The standard InChI is InChI=1S/C17H28O4/c1-11-5-4-6-13(9-18)16(20)7-15-14(11)8-17(15,3)10-21-12(2)19/h13-16,18,20H,1,4-10H2,2-3H3/t13?,14?,15-,16-,17-/m1/s1. The summed E-state index contributed by atoms with van der Waals surface area (Å²) < 4.78 is 5.23.